The van der Waals surface area contributed by atoms with Crippen LogP contribution in [0, 0.1) is 6.07 Å². The number of ether oxygens (including phenoxy) is 1. The Balaban J connectivity index is 2.29. The highest BCUT2D eigenvalue weighted by Gasteiger charge is 2.31. The topological polar surface area (TPSA) is 35.0 Å². The molecule has 0 bridgehead atoms. The van der Waals surface area contributed by atoms with Crippen molar-refractivity contribution in [3.63, 3.8) is 0 Å². The van der Waals surface area contributed by atoms with Gasteiger partial charge in [-0.1, -0.05) is 0 Å². The van der Waals surface area contributed by atoms with E-state index < -0.39 is 6.36 Å². The molecule has 1 aromatic carbocycles. The summed E-state index contributed by atoms with van der Waals surface area (Å²) in [4.78, 5) is 7.62. The van der Waals surface area contributed by atoms with E-state index >= 15 is 0 Å². The van der Waals surface area contributed by atoms with E-state index in [9.17, 15) is 13.2 Å². The third-order valence-electron chi connectivity index (χ3n) is 1.86. The number of benzene rings is 1. The standard InChI is InChI=1S/C11H6F3N2O/c12-11(13,14)17-9-3-1-2-8(6-9)10-4-5-15-7-16-10/h1,3-7H. The Bertz CT molecular complexity index is 500. The Hall–Kier alpha value is -2.11. The third-order valence-corrected chi connectivity index (χ3v) is 1.86. The molecule has 2 rings (SSSR count). The highest BCUT2D eigenvalue weighted by Crippen LogP contribution is 2.26. The lowest BCUT2D eigenvalue weighted by atomic mass is 10.1. The molecule has 2 aromatic rings. The zero-order valence-electron chi connectivity index (χ0n) is 8.40. The van der Waals surface area contributed by atoms with Gasteiger partial charge in [0, 0.05) is 11.8 Å². The predicted octanol–water partition coefficient (Wildman–Crippen LogP) is 2.84. The van der Waals surface area contributed by atoms with E-state index in [-0.39, 0.29) is 5.75 Å². The van der Waals surface area contributed by atoms with Crippen LogP contribution in [0.4, 0.5) is 13.2 Å². The maximum absolute atomic E-state index is 12.0. The first kappa shape index (κ1) is 11.4. The van der Waals surface area contributed by atoms with Crippen molar-refractivity contribution in [2.75, 3.05) is 0 Å². The summed E-state index contributed by atoms with van der Waals surface area (Å²) in [6.07, 6.45) is -1.90. The van der Waals surface area contributed by atoms with Crippen LogP contribution in [-0.2, 0) is 0 Å². The molecule has 0 fully saturated rings. The zero-order chi connectivity index (χ0) is 12.3. The maximum atomic E-state index is 12.0. The maximum Gasteiger partial charge on any atom is 0.573 e. The molecule has 1 aromatic heterocycles. The fraction of sp³-hybridized carbons (Fsp3) is 0.0909. The minimum absolute atomic E-state index is 0.301. The molecule has 87 valence electrons. The van der Waals surface area contributed by atoms with Gasteiger partial charge < -0.3 is 4.74 Å². The van der Waals surface area contributed by atoms with E-state index in [0.717, 1.165) is 0 Å². The average Bonchev–Trinajstić information content (AvgIpc) is 2.28. The summed E-state index contributed by atoms with van der Waals surface area (Å²) in [6.45, 7) is 0. The van der Waals surface area contributed by atoms with Gasteiger partial charge in [-0.25, -0.2) is 9.97 Å². The largest absolute Gasteiger partial charge is 0.573 e. The SMILES string of the molecule is FC(F)(F)Oc1cc[c]c(-c2ccncn2)c1. The van der Waals surface area contributed by atoms with Gasteiger partial charge in [-0.15, -0.1) is 13.2 Å². The molecule has 3 nitrogen and oxygen atoms in total. The van der Waals surface area contributed by atoms with Crippen molar-refractivity contribution in [1.82, 2.24) is 9.97 Å². The molecule has 17 heavy (non-hydrogen) atoms. The summed E-state index contributed by atoms with van der Waals surface area (Å²) >= 11 is 0. The molecule has 1 heterocycles. The van der Waals surface area contributed by atoms with Gasteiger partial charge in [0.05, 0.1) is 5.69 Å². The molecule has 0 unspecified atom stereocenters. The zero-order valence-corrected chi connectivity index (χ0v) is 8.40. The quantitative estimate of drug-likeness (QED) is 0.808. The highest BCUT2D eigenvalue weighted by molar-refractivity contribution is 5.59. The Labute approximate surface area is 94.9 Å². The fourth-order valence-corrected chi connectivity index (χ4v) is 1.24. The van der Waals surface area contributed by atoms with Crippen molar-refractivity contribution in [1.29, 1.82) is 0 Å². The van der Waals surface area contributed by atoms with Crippen LogP contribution in [0.2, 0.25) is 0 Å². The lowest BCUT2D eigenvalue weighted by Crippen LogP contribution is -2.17. The van der Waals surface area contributed by atoms with Crippen molar-refractivity contribution < 1.29 is 17.9 Å². The molecule has 1 radical (unpaired) electrons. The molecular weight excluding hydrogens is 233 g/mol. The summed E-state index contributed by atoms with van der Waals surface area (Å²) < 4.78 is 39.9. The molecule has 0 amide bonds. The van der Waals surface area contributed by atoms with E-state index in [4.69, 9.17) is 0 Å². The number of aromatic nitrogens is 2. The second kappa shape index (κ2) is 4.40. The van der Waals surface area contributed by atoms with E-state index in [1.54, 1.807) is 6.07 Å². The lowest BCUT2D eigenvalue weighted by molar-refractivity contribution is -0.274. The number of hydrogen-bond donors (Lipinski definition) is 0. The summed E-state index contributed by atoms with van der Waals surface area (Å²) in [7, 11) is 0. The first-order valence-corrected chi connectivity index (χ1v) is 4.58. The summed E-state index contributed by atoms with van der Waals surface area (Å²) in [5.41, 5.74) is 0.891. The van der Waals surface area contributed by atoms with Crippen molar-refractivity contribution in [2.24, 2.45) is 0 Å². The summed E-state index contributed by atoms with van der Waals surface area (Å²) in [6, 6.07) is 8.09. The molecule has 0 N–H and O–H groups in total. The summed E-state index contributed by atoms with van der Waals surface area (Å²) in [5, 5.41) is 0. The van der Waals surface area contributed by atoms with Gasteiger partial charge in [0.15, 0.2) is 0 Å². The number of nitrogens with zero attached hydrogens (tertiary/aromatic N) is 2. The molecule has 0 saturated heterocycles. The van der Waals surface area contributed by atoms with E-state index in [2.05, 4.69) is 20.8 Å². The predicted molar refractivity (Wildman–Crippen MR) is 53.0 cm³/mol. The number of hydrogen-bond acceptors (Lipinski definition) is 3. The van der Waals surface area contributed by atoms with Crippen molar-refractivity contribution >= 4 is 0 Å². The molecule has 0 spiro atoms. The Morgan fingerprint density at radius 3 is 2.71 bits per heavy atom. The monoisotopic (exact) mass is 239 g/mol. The van der Waals surface area contributed by atoms with Gasteiger partial charge in [-0.05, 0) is 30.3 Å². The van der Waals surface area contributed by atoms with Crippen LogP contribution in [0.5, 0.6) is 5.75 Å². The van der Waals surface area contributed by atoms with Gasteiger partial charge >= 0.3 is 6.36 Å². The molecule has 0 aliphatic heterocycles. The molecule has 6 heteroatoms. The van der Waals surface area contributed by atoms with E-state index in [1.807, 2.05) is 0 Å². The fourth-order valence-electron chi connectivity index (χ4n) is 1.24. The van der Waals surface area contributed by atoms with E-state index in [1.165, 1.54) is 30.7 Å². The highest BCUT2D eigenvalue weighted by atomic mass is 19.4. The third kappa shape index (κ3) is 3.17. The van der Waals surface area contributed by atoms with E-state index in [0.29, 0.717) is 11.3 Å². The summed E-state index contributed by atoms with van der Waals surface area (Å²) in [5.74, 6) is -0.301. The molecule has 0 atom stereocenters. The molecule has 0 aliphatic rings. The molecule has 0 aliphatic carbocycles. The minimum Gasteiger partial charge on any atom is -0.406 e. The van der Waals surface area contributed by atoms with Crippen molar-refractivity contribution in [3.8, 4) is 17.0 Å². The number of alkyl halides is 3. The van der Waals surface area contributed by atoms with Gasteiger partial charge in [0.1, 0.15) is 12.1 Å². The van der Waals surface area contributed by atoms with Crippen LogP contribution in [0.1, 0.15) is 0 Å². The lowest BCUT2D eigenvalue weighted by Gasteiger charge is -2.09. The first-order chi connectivity index (χ1) is 8.04. The second-order valence-corrected chi connectivity index (χ2v) is 3.08. The average molecular weight is 239 g/mol. The van der Waals surface area contributed by atoms with Gasteiger partial charge in [0.2, 0.25) is 0 Å². The Morgan fingerprint density at radius 2 is 2.06 bits per heavy atom. The van der Waals surface area contributed by atoms with Crippen LogP contribution >= 0.6 is 0 Å². The first-order valence-electron chi connectivity index (χ1n) is 4.58. The normalized spacial score (nSPS) is 11.2. The Kier molecular flexibility index (Phi) is 2.95. The molecular formula is C11H6F3N2O. The van der Waals surface area contributed by atoms with Crippen LogP contribution in [-0.4, -0.2) is 16.3 Å². The van der Waals surface area contributed by atoms with Gasteiger partial charge in [0.25, 0.3) is 0 Å². The number of halogens is 3. The minimum atomic E-state index is -4.70. The Morgan fingerprint density at radius 1 is 1.24 bits per heavy atom. The molecule has 0 saturated carbocycles. The van der Waals surface area contributed by atoms with Crippen LogP contribution in [0.3, 0.4) is 0 Å². The van der Waals surface area contributed by atoms with Crippen LogP contribution in [0.15, 0.2) is 36.8 Å². The second-order valence-electron chi connectivity index (χ2n) is 3.08. The van der Waals surface area contributed by atoms with Gasteiger partial charge in [-0.2, -0.15) is 0 Å². The van der Waals surface area contributed by atoms with Crippen LogP contribution < -0.4 is 4.74 Å². The van der Waals surface area contributed by atoms with Gasteiger partial charge in [-0.3, -0.25) is 0 Å². The smallest absolute Gasteiger partial charge is 0.406 e. The van der Waals surface area contributed by atoms with Crippen molar-refractivity contribution in [3.05, 3.63) is 42.9 Å². The van der Waals surface area contributed by atoms with Crippen molar-refractivity contribution in [2.45, 2.75) is 6.36 Å². The number of rotatable bonds is 2. The van der Waals surface area contributed by atoms with Crippen LogP contribution in [0.25, 0.3) is 11.3 Å².